The van der Waals surface area contributed by atoms with E-state index in [1.54, 1.807) is 26.2 Å². The molecule has 4 heteroatoms. The molecule has 112 valence electrons. The summed E-state index contributed by atoms with van der Waals surface area (Å²) in [5, 5.41) is 0.526. The number of hydrogen-bond donors (Lipinski definition) is 1. The summed E-state index contributed by atoms with van der Waals surface area (Å²) in [6.07, 6.45) is 0. The number of rotatable bonds is 3. The van der Waals surface area contributed by atoms with Gasteiger partial charge in [-0.25, -0.2) is 0 Å². The SMILES string of the molecule is COc1ccc2c(=O)c(C)c(-c3ccccc3)oc2c1CN. The molecule has 0 aliphatic heterocycles. The van der Waals surface area contributed by atoms with Gasteiger partial charge < -0.3 is 14.9 Å². The first kappa shape index (κ1) is 14.4. The number of methoxy groups -OCH3 is 1. The Kier molecular flexibility index (Phi) is 3.69. The summed E-state index contributed by atoms with van der Waals surface area (Å²) in [5.74, 6) is 1.20. The van der Waals surface area contributed by atoms with Crippen LogP contribution in [0.5, 0.6) is 5.75 Å². The van der Waals surface area contributed by atoms with Crippen molar-refractivity contribution in [2.75, 3.05) is 7.11 Å². The molecule has 0 aliphatic rings. The number of benzene rings is 2. The van der Waals surface area contributed by atoms with Gasteiger partial charge in [0.15, 0.2) is 5.43 Å². The molecular formula is C18H17NO3. The molecule has 4 nitrogen and oxygen atoms in total. The van der Waals surface area contributed by atoms with Crippen molar-refractivity contribution in [3.63, 3.8) is 0 Å². The first-order valence-electron chi connectivity index (χ1n) is 7.06. The van der Waals surface area contributed by atoms with Crippen LogP contribution in [0.15, 0.2) is 51.7 Å². The van der Waals surface area contributed by atoms with Crippen molar-refractivity contribution in [2.24, 2.45) is 5.73 Å². The van der Waals surface area contributed by atoms with Gasteiger partial charge in [0.05, 0.1) is 18.1 Å². The Morgan fingerprint density at radius 2 is 1.86 bits per heavy atom. The quantitative estimate of drug-likeness (QED) is 0.805. The average molecular weight is 295 g/mol. The van der Waals surface area contributed by atoms with E-state index in [9.17, 15) is 4.79 Å². The molecule has 22 heavy (non-hydrogen) atoms. The molecular weight excluding hydrogens is 278 g/mol. The normalized spacial score (nSPS) is 10.9. The van der Waals surface area contributed by atoms with E-state index in [-0.39, 0.29) is 12.0 Å². The van der Waals surface area contributed by atoms with E-state index in [4.69, 9.17) is 14.9 Å². The highest BCUT2D eigenvalue weighted by Gasteiger charge is 2.17. The summed E-state index contributed by atoms with van der Waals surface area (Å²) in [7, 11) is 1.57. The zero-order valence-corrected chi connectivity index (χ0v) is 12.6. The van der Waals surface area contributed by atoms with Crippen molar-refractivity contribution in [1.82, 2.24) is 0 Å². The minimum atomic E-state index is -0.0440. The summed E-state index contributed by atoms with van der Waals surface area (Å²) in [6, 6.07) is 13.1. The topological polar surface area (TPSA) is 65.5 Å². The lowest BCUT2D eigenvalue weighted by molar-refractivity contribution is 0.409. The highest BCUT2D eigenvalue weighted by Crippen LogP contribution is 2.31. The van der Waals surface area contributed by atoms with E-state index in [2.05, 4.69) is 0 Å². The maximum absolute atomic E-state index is 12.6. The van der Waals surface area contributed by atoms with E-state index in [1.807, 2.05) is 30.3 Å². The van der Waals surface area contributed by atoms with Gasteiger partial charge in [0, 0.05) is 17.7 Å². The predicted molar refractivity (Wildman–Crippen MR) is 87.1 cm³/mol. The van der Waals surface area contributed by atoms with Gasteiger partial charge in [0.25, 0.3) is 0 Å². The molecule has 1 aromatic heterocycles. The van der Waals surface area contributed by atoms with Gasteiger partial charge in [-0.05, 0) is 19.1 Å². The van der Waals surface area contributed by atoms with Crippen molar-refractivity contribution in [3.05, 3.63) is 63.8 Å². The molecule has 3 rings (SSSR count). The summed E-state index contributed by atoms with van der Waals surface area (Å²) < 4.78 is 11.4. The van der Waals surface area contributed by atoms with E-state index < -0.39 is 0 Å². The van der Waals surface area contributed by atoms with Gasteiger partial charge in [0.2, 0.25) is 0 Å². The number of fused-ring (bicyclic) bond motifs is 1. The molecule has 0 radical (unpaired) electrons. The highest BCUT2D eigenvalue weighted by atomic mass is 16.5. The smallest absolute Gasteiger partial charge is 0.196 e. The Bertz CT molecular complexity index is 882. The maximum atomic E-state index is 12.6. The summed E-state index contributed by atoms with van der Waals surface area (Å²) >= 11 is 0. The maximum Gasteiger partial charge on any atom is 0.196 e. The first-order chi connectivity index (χ1) is 10.7. The van der Waals surface area contributed by atoms with Crippen LogP contribution in [0, 0.1) is 6.92 Å². The van der Waals surface area contributed by atoms with Crippen LogP contribution in [-0.2, 0) is 6.54 Å². The van der Waals surface area contributed by atoms with E-state index in [0.29, 0.717) is 33.6 Å². The van der Waals surface area contributed by atoms with E-state index >= 15 is 0 Å². The molecule has 3 aromatic rings. The molecule has 1 heterocycles. The van der Waals surface area contributed by atoms with Gasteiger partial charge in [-0.2, -0.15) is 0 Å². The van der Waals surface area contributed by atoms with Crippen LogP contribution >= 0.6 is 0 Å². The fourth-order valence-electron chi connectivity index (χ4n) is 2.64. The van der Waals surface area contributed by atoms with E-state index in [0.717, 1.165) is 5.56 Å². The fraction of sp³-hybridized carbons (Fsp3) is 0.167. The third kappa shape index (κ3) is 2.18. The van der Waals surface area contributed by atoms with Crippen LogP contribution < -0.4 is 15.9 Å². The van der Waals surface area contributed by atoms with Crippen LogP contribution in [0.3, 0.4) is 0 Å². The molecule has 2 N–H and O–H groups in total. The third-order valence-corrected chi connectivity index (χ3v) is 3.81. The zero-order chi connectivity index (χ0) is 15.7. The fourth-order valence-corrected chi connectivity index (χ4v) is 2.64. The molecule has 0 aliphatic carbocycles. The number of hydrogen-bond acceptors (Lipinski definition) is 4. The summed E-state index contributed by atoms with van der Waals surface area (Å²) in [5.41, 5.74) is 8.44. The Labute approximate surface area is 128 Å². The average Bonchev–Trinajstić information content (AvgIpc) is 2.57. The molecule has 0 fully saturated rings. The van der Waals surface area contributed by atoms with Crippen molar-refractivity contribution in [3.8, 4) is 17.1 Å². The monoisotopic (exact) mass is 295 g/mol. The molecule has 0 atom stereocenters. The van der Waals surface area contributed by atoms with Crippen LogP contribution in [0.2, 0.25) is 0 Å². The van der Waals surface area contributed by atoms with Gasteiger partial charge in [-0.15, -0.1) is 0 Å². The van der Waals surface area contributed by atoms with E-state index in [1.165, 1.54) is 0 Å². The van der Waals surface area contributed by atoms with Gasteiger partial charge >= 0.3 is 0 Å². The Morgan fingerprint density at radius 3 is 2.50 bits per heavy atom. The molecule has 0 amide bonds. The third-order valence-electron chi connectivity index (χ3n) is 3.81. The van der Waals surface area contributed by atoms with Crippen LogP contribution in [0.25, 0.3) is 22.3 Å². The van der Waals surface area contributed by atoms with Crippen LogP contribution in [-0.4, -0.2) is 7.11 Å². The second kappa shape index (κ2) is 5.66. The van der Waals surface area contributed by atoms with Crippen LogP contribution in [0.4, 0.5) is 0 Å². The van der Waals surface area contributed by atoms with Crippen molar-refractivity contribution < 1.29 is 9.15 Å². The Hall–Kier alpha value is -2.59. The van der Waals surface area contributed by atoms with Crippen molar-refractivity contribution in [2.45, 2.75) is 13.5 Å². The Balaban J connectivity index is 2.41. The van der Waals surface area contributed by atoms with Gasteiger partial charge in [0.1, 0.15) is 17.1 Å². The lowest BCUT2D eigenvalue weighted by atomic mass is 10.0. The minimum Gasteiger partial charge on any atom is -0.496 e. The molecule has 2 aromatic carbocycles. The molecule has 0 bridgehead atoms. The highest BCUT2D eigenvalue weighted by molar-refractivity contribution is 5.85. The largest absolute Gasteiger partial charge is 0.496 e. The van der Waals surface area contributed by atoms with Gasteiger partial charge in [-0.3, -0.25) is 4.79 Å². The second-order valence-electron chi connectivity index (χ2n) is 5.08. The minimum absolute atomic E-state index is 0.0440. The molecule has 0 spiro atoms. The standard InChI is InChI=1S/C18H17NO3/c1-11-16(20)13-8-9-15(21-2)14(10-19)18(13)22-17(11)12-6-4-3-5-7-12/h3-9H,10,19H2,1-2H3. The molecule has 0 saturated heterocycles. The van der Waals surface area contributed by atoms with Crippen molar-refractivity contribution >= 4 is 11.0 Å². The summed E-state index contributed by atoms with van der Waals surface area (Å²) in [6.45, 7) is 2.01. The second-order valence-corrected chi connectivity index (χ2v) is 5.08. The molecule has 0 unspecified atom stereocenters. The number of nitrogens with two attached hydrogens (primary N) is 1. The lowest BCUT2D eigenvalue weighted by Gasteiger charge is -2.12. The first-order valence-corrected chi connectivity index (χ1v) is 7.06. The lowest BCUT2D eigenvalue weighted by Crippen LogP contribution is -2.10. The van der Waals surface area contributed by atoms with Crippen LogP contribution in [0.1, 0.15) is 11.1 Å². The summed E-state index contributed by atoms with van der Waals surface area (Å²) in [4.78, 5) is 12.6. The van der Waals surface area contributed by atoms with Gasteiger partial charge in [-0.1, -0.05) is 30.3 Å². The zero-order valence-electron chi connectivity index (χ0n) is 12.6. The predicted octanol–water partition coefficient (Wildman–Crippen LogP) is 3.24. The van der Waals surface area contributed by atoms with Crippen molar-refractivity contribution in [1.29, 1.82) is 0 Å². The number of ether oxygens (including phenoxy) is 1. The Morgan fingerprint density at radius 1 is 1.14 bits per heavy atom. The molecule has 0 saturated carbocycles.